The first-order valence-electron chi connectivity index (χ1n) is 6.99. The Kier molecular flexibility index (Phi) is 6.24. The highest BCUT2D eigenvalue weighted by atomic mass is 35.5. The fourth-order valence-electron chi connectivity index (χ4n) is 1.93. The van der Waals surface area contributed by atoms with Crippen molar-refractivity contribution >= 4 is 45.8 Å². The molecule has 0 aliphatic rings. The average molecular weight is 359 g/mol. The summed E-state index contributed by atoms with van der Waals surface area (Å²) >= 11 is 7.28. The van der Waals surface area contributed by atoms with E-state index in [-0.39, 0.29) is 5.91 Å². The van der Waals surface area contributed by atoms with Crippen molar-refractivity contribution in [3.8, 4) is 6.19 Å². The zero-order valence-electron chi connectivity index (χ0n) is 13.1. The van der Waals surface area contributed by atoms with Gasteiger partial charge in [0.1, 0.15) is 0 Å². The first-order valence-corrected chi connectivity index (χ1v) is 8.59. The molecule has 1 amide bonds. The second kappa shape index (κ2) is 8.39. The van der Waals surface area contributed by atoms with Crippen LogP contribution in [-0.4, -0.2) is 17.3 Å². The molecule has 122 valence electrons. The van der Waals surface area contributed by atoms with Crippen LogP contribution in [0.5, 0.6) is 0 Å². The zero-order valence-corrected chi connectivity index (χ0v) is 14.7. The molecule has 0 bridgehead atoms. The van der Waals surface area contributed by atoms with E-state index in [1.165, 1.54) is 11.8 Å². The number of amides is 1. The van der Waals surface area contributed by atoms with Crippen LogP contribution < -0.4 is 10.6 Å². The maximum Gasteiger partial charge on any atom is 0.255 e. The first-order chi connectivity index (χ1) is 11.5. The highest BCUT2D eigenvalue weighted by Crippen LogP contribution is 2.22. The summed E-state index contributed by atoms with van der Waals surface area (Å²) in [5, 5.41) is 15.0. The van der Waals surface area contributed by atoms with Gasteiger partial charge < -0.3 is 5.32 Å². The summed E-state index contributed by atoms with van der Waals surface area (Å²) in [6.45, 7) is 1.89. The summed E-state index contributed by atoms with van der Waals surface area (Å²) in [6.07, 6.45) is 3.63. The SMILES string of the molecule is CSC(=Nc1cccc(C(=O)Nc2cc(Cl)ccc2C)c1)NC#N. The minimum absolute atomic E-state index is 0.253. The molecule has 0 aliphatic carbocycles. The summed E-state index contributed by atoms with van der Waals surface area (Å²) in [7, 11) is 0. The number of thioether (sulfide) groups is 1. The number of aliphatic imine (C=N–C) groups is 1. The lowest BCUT2D eigenvalue weighted by atomic mass is 10.1. The minimum Gasteiger partial charge on any atom is -0.322 e. The largest absolute Gasteiger partial charge is 0.322 e. The van der Waals surface area contributed by atoms with Crippen molar-refractivity contribution in [2.24, 2.45) is 4.99 Å². The Morgan fingerprint density at radius 3 is 2.79 bits per heavy atom. The molecule has 2 N–H and O–H groups in total. The van der Waals surface area contributed by atoms with Crippen molar-refractivity contribution in [2.45, 2.75) is 6.92 Å². The molecule has 0 aromatic heterocycles. The van der Waals surface area contributed by atoms with Gasteiger partial charge in [-0.3, -0.25) is 10.1 Å². The van der Waals surface area contributed by atoms with E-state index in [0.717, 1.165) is 5.56 Å². The number of nitriles is 1. The number of carbonyl (C=O) groups is 1. The van der Waals surface area contributed by atoms with E-state index in [1.54, 1.807) is 36.4 Å². The van der Waals surface area contributed by atoms with Crippen molar-refractivity contribution in [1.82, 2.24) is 5.32 Å². The lowest BCUT2D eigenvalue weighted by Gasteiger charge is -2.09. The van der Waals surface area contributed by atoms with Crippen molar-refractivity contribution in [1.29, 1.82) is 5.26 Å². The number of hydrogen-bond donors (Lipinski definition) is 2. The van der Waals surface area contributed by atoms with Gasteiger partial charge in [-0.1, -0.05) is 35.5 Å². The molecule has 0 unspecified atom stereocenters. The molecule has 0 radical (unpaired) electrons. The van der Waals surface area contributed by atoms with Gasteiger partial charge in [0, 0.05) is 16.3 Å². The molecule has 2 aromatic rings. The van der Waals surface area contributed by atoms with E-state index in [0.29, 0.717) is 27.1 Å². The Morgan fingerprint density at radius 1 is 1.29 bits per heavy atom. The molecule has 7 heteroatoms. The van der Waals surface area contributed by atoms with Crippen LogP contribution in [0.1, 0.15) is 15.9 Å². The van der Waals surface area contributed by atoms with Gasteiger partial charge in [-0.25, -0.2) is 4.99 Å². The molecule has 5 nitrogen and oxygen atoms in total. The number of amidine groups is 1. The number of anilines is 1. The molecular formula is C17H15ClN4OS. The monoisotopic (exact) mass is 358 g/mol. The van der Waals surface area contributed by atoms with Crippen LogP contribution in [-0.2, 0) is 0 Å². The van der Waals surface area contributed by atoms with Crippen molar-refractivity contribution in [3.05, 3.63) is 58.6 Å². The topological polar surface area (TPSA) is 77.3 Å². The summed E-state index contributed by atoms with van der Waals surface area (Å²) in [6, 6.07) is 12.2. The molecule has 0 saturated heterocycles. The molecular weight excluding hydrogens is 344 g/mol. The van der Waals surface area contributed by atoms with E-state index < -0.39 is 0 Å². The second-order valence-electron chi connectivity index (χ2n) is 4.82. The predicted molar refractivity (Wildman–Crippen MR) is 99.9 cm³/mol. The number of aryl methyl sites for hydroxylation is 1. The van der Waals surface area contributed by atoms with Crippen LogP contribution in [0.4, 0.5) is 11.4 Å². The van der Waals surface area contributed by atoms with Crippen LogP contribution in [0.25, 0.3) is 0 Å². The lowest BCUT2D eigenvalue weighted by molar-refractivity contribution is 0.102. The van der Waals surface area contributed by atoms with Crippen molar-refractivity contribution < 1.29 is 4.79 Å². The predicted octanol–water partition coefficient (Wildman–Crippen LogP) is 4.32. The first kappa shape index (κ1) is 17.9. The number of carbonyl (C=O) groups excluding carboxylic acids is 1. The van der Waals surface area contributed by atoms with E-state index >= 15 is 0 Å². The van der Waals surface area contributed by atoms with Crippen LogP contribution >= 0.6 is 23.4 Å². The molecule has 0 aliphatic heterocycles. The zero-order chi connectivity index (χ0) is 17.5. The molecule has 2 rings (SSSR count). The van der Waals surface area contributed by atoms with Gasteiger partial charge in [0.25, 0.3) is 5.91 Å². The van der Waals surface area contributed by atoms with Crippen LogP contribution in [0.3, 0.4) is 0 Å². The number of nitrogens with zero attached hydrogens (tertiary/aromatic N) is 2. The Bertz CT molecular complexity index is 830. The van der Waals surface area contributed by atoms with E-state index in [1.807, 2.05) is 25.4 Å². The molecule has 0 saturated carbocycles. The third kappa shape index (κ3) is 4.75. The van der Waals surface area contributed by atoms with Gasteiger partial charge in [0.2, 0.25) is 0 Å². The number of nitrogens with one attached hydrogen (secondary N) is 2. The van der Waals surface area contributed by atoms with E-state index in [4.69, 9.17) is 16.9 Å². The molecule has 0 spiro atoms. The molecule has 24 heavy (non-hydrogen) atoms. The highest BCUT2D eigenvalue weighted by molar-refractivity contribution is 8.13. The third-order valence-corrected chi connectivity index (χ3v) is 3.96. The second-order valence-corrected chi connectivity index (χ2v) is 6.05. The van der Waals surface area contributed by atoms with Gasteiger partial charge in [-0.15, -0.1) is 0 Å². The van der Waals surface area contributed by atoms with Gasteiger partial charge in [0.05, 0.1) is 5.69 Å². The summed E-state index contributed by atoms with van der Waals surface area (Å²) in [4.78, 5) is 16.7. The van der Waals surface area contributed by atoms with Gasteiger partial charge >= 0.3 is 0 Å². The van der Waals surface area contributed by atoms with E-state index in [9.17, 15) is 4.79 Å². The molecule has 0 heterocycles. The van der Waals surface area contributed by atoms with Crippen molar-refractivity contribution in [3.63, 3.8) is 0 Å². The molecule has 0 atom stereocenters. The minimum atomic E-state index is -0.253. The Balaban J connectivity index is 2.23. The van der Waals surface area contributed by atoms with Crippen LogP contribution in [0.15, 0.2) is 47.5 Å². The van der Waals surface area contributed by atoms with E-state index in [2.05, 4.69) is 15.6 Å². The smallest absolute Gasteiger partial charge is 0.255 e. The molecule has 0 fully saturated rings. The maximum atomic E-state index is 12.4. The number of benzene rings is 2. The van der Waals surface area contributed by atoms with Crippen LogP contribution in [0.2, 0.25) is 5.02 Å². The fraction of sp³-hybridized carbons (Fsp3) is 0.118. The quantitative estimate of drug-likeness (QED) is 0.370. The van der Waals surface area contributed by atoms with Crippen LogP contribution in [0, 0.1) is 18.4 Å². The Morgan fingerprint density at radius 2 is 2.08 bits per heavy atom. The van der Waals surface area contributed by atoms with Gasteiger partial charge in [-0.2, -0.15) is 5.26 Å². The Hall–Kier alpha value is -2.49. The number of halogens is 1. The number of rotatable bonds is 3. The standard InChI is InChI=1S/C17H15ClN4OS/c1-11-6-7-13(18)9-15(11)22-16(23)12-4-3-5-14(8-12)21-17(24-2)20-10-19/h3-9H,1-2H3,(H,20,21)(H,22,23). The van der Waals surface area contributed by atoms with Crippen molar-refractivity contribution in [2.75, 3.05) is 11.6 Å². The summed E-state index contributed by atoms with van der Waals surface area (Å²) in [5.41, 5.74) is 2.63. The number of hydrogen-bond acceptors (Lipinski definition) is 4. The summed E-state index contributed by atoms with van der Waals surface area (Å²) in [5.74, 6) is -0.253. The lowest BCUT2D eigenvalue weighted by Crippen LogP contribution is -2.13. The normalized spacial score (nSPS) is 10.8. The third-order valence-electron chi connectivity index (χ3n) is 3.14. The van der Waals surface area contributed by atoms with Gasteiger partial charge in [-0.05, 0) is 49.1 Å². The van der Waals surface area contributed by atoms with Gasteiger partial charge in [0.15, 0.2) is 11.4 Å². The summed E-state index contributed by atoms with van der Waals surface area (Å²) < 4.78 is 0. The average Bonchev–Trinajstić information content (AvgIpc) is 2.58. The Labute approximate surface area is 149 Å². The maximum absolute atomic E-state index is 12.4. The fourth-order valence-corrected chi connectivity index (χ4v) is 2.45. The molecule has 2 aromatic carbocycles. The highest BCUT2D eigenvalue weighted by Gasteiger charge is 2.09.